The fraction of sp³-hybridized carbons (Fsp3) is 0.500. The van der Waals surface area contributed by atoms with E-state index in [1.54, 1.807) is 18.9 Å². The second-order valence-corrected chi connectivity index (χ2v) is 4.50. The Morgan fingerprint density at radius 3 is 2.53 bits per heavy atom. The number of ether oxygens (including phenoxy) is 2. The molecule has 0 heterocycles. The predicted molar refractivity (Wildman–Crippen MR) is 64.3 cm³/mol. The van der Waals surface area contributed by atoms with Crippen LogP contribution in [-0.2, 0) is 9.47 Å². The molecule has 1 atom stereocenters. The largest absolute Gasteiger partial charge is 0.356 e. The summed E-state index contributed by atoms with van der Waals surface area (Å²) in [5, 5.41) is 0. The van der Waals surface area contributed by atoms with Gasteiger partial charge in [0.15, 0.2) is 6.29 Å². The zero-order valence-corrected chi connectivity index (χ0v) is 10.3. The highest BCUT2D eigenvalue weighted by Gasteiger charge is 1.98. The Bertz CT molecular complexity index is 271. The zero-order valence-electron chi connectivity index (χ0n) is 9.53. The van der Waals surface area contributed by atoms with Crippen LogP contribution in [0.3, 0.4) is 0 Å². The molecule has 0 saturated carbocycles. The van der Waals surface area contributed by atoms with Crippen LogP contribution >= 0.6 is 11.8 Å². The van der Waals surface area contributed by atoms with Crippen molar-refractivity contribution in [2.75, 3.05) is 19.5 Å². The first-order valence-electron chi connectivity index (χ1n) is 5.06. The Kier molecular flexibility index (Phi) is 5.76. The minimum absolute atomic E-state index is 0.108. The maximum Gasteiger partial charge on any atom is 0.154 e. The monoisotopic (exact) mass is 226 g/mol. The first-order chi connectivity index (χ1) is 7.22. The molecule has 0 amide bonds. The van der Waals surface area contributed by atoms with E-state index in [1.165, 1.54) is 10.5 Å². The Morgan fingerprint density at radius 2 is 1.93 bits per heavy atom. The van der Waals surface area contributed by atoms with Gasteiger partial charge >= 0.3 is 0 Å². The third-order valence-corrected chi connectivity index (χ3v) is 3.03. The molecule has 3 heteroatoms. The van der Waals surface area contributed by atoms with Gasteiger partial charge in [-0.15, -0.1) is 11.8 Å². The lowest BCUT2D eigenvalue weighted by Gasteiger charge is -2.10. The van der Waals surface area contributed by atoms with E-state index in [4.69, 9.17) is 9.47 Å². The quantitative estimate of drug-likeness (QED) is 0.422. The van der Waals surface area contributed by atoms with Crippen LogP contribution in [0.2, 0.25) is 0 Å². The fourth-order valence-electron chi connectivity index (χ4n) is 1.08. The third kappa shape index (κ3) is 5.21. The van der Waals surface area contributed by atoms with Crippen LogP contribution in [0.25, 0.3) is 0 Å². The topological polar surface area (TPSA) is 18.5 Å². The molecule has 0 saturated heterocycles. The van der Waals surface area contributed by atoms with Gasteiger partial charge < -0.3 is 9.47 Å². The Morgan fingerprint density at radius 1 is 1.27 bits per heavy atom. The summed E-state index contributed by atoms with van der Waals surface area (Å²) in [7, 11) is 1.65. The summed E-state index contributed by atoms with van der Waals surface area (Å²) >= 11 is 1.80. The zero-order chi connectivity index (χ0) is 11.1. The first kappa shape index (κ1) is 12.6. The van der Waals surface area contributed by atoms with Crippen molar-refractivity contribution < 1.29 is 9.47 Å². The van der Waals surface area contributed by atoms with Crippen LogP contribution in [0.4, 0.5) is 0 Å². The smallest absolute Gasteiger partial charge is 0.154 e. The van der Waals surface area contributed by atoms with Gasteiger partial charge in [-0.1, -0.05) is 17.7 Å². The van der Waals surface area contributed by atoms with Crippen LogP contribution in [-0.4, -0.2) is 25.8 Å². The van der Waals surface area contributed by atoms with E-state index in [-0.39, 0.29) is 6.29 Å². The van der Waals surface area contributed by atoms with Gasteiger partial charge in [0.2, 0.25) is 0 Å². The minimum Gasteiger partial charge on any atom is -0.356 e. The summed E-state index contributed by atoms with van der Waals surface area (Å²) < 4.78 is 10.4. The molecule has 0 fully saturated rings. The number of rotatable bonds is 6. The maximum atomic E-state index is 5.39. The van der Waals surface area contributed by atoms with E-state index < -0.39 is 0 Å². The van der Waals surface area contributed by atoms with Gasteiger partial charge in [0.05, 0.1) is 6.61 Å². The van der Waals surface area contributed by atoms with Gasteiger partial charge in [0.1, 0.15) is 0 Å². The molecule has 2 nitrogen and oxygen atoms in total. The van der Waals surface area contributed by atoms with Gasteiger partial charge in [0.25, 0.3) is 0 Å². The molecule has 0 spiro atoms. The van der Waals surface area contributed by atoms with Crippen molar-refractivity contribution in [3.05, 3.63) is 29.8 Å². The summed E-state index contributed by atoms with van der Waals surface area (Å²) in [6.45, 7) is 4.71. The number of benzene rings is 1. The van der Waals surface area contributed by atoms with E-state index in [1.807, 2.05) is 6.92 Å². The van der Waals surface area contributed by atoms with E-state index in [2.05, 4.69) is 31.2 Å². The normalized spacial score (nSPS) is 12.7. The van der Waals surface area contributed by atoms with Crippen molar-refractivity contribution in [3.8, 4) is 0 Å². The van der Waals surface area contributed by atoms with Crippen LogP contribution in [0.15, 0.2) is 29.2 Å². The molecular formula is C12H18O2S. The summed E-state index contributed by atoms with van der Waals surface area (Å²) in [5.41, 5.74) is 1.30. The van der Waals surface area contributed by atoms with Gasteiger partial charge in [-0.2, -0.15) is 0 Å². The molecule has 1 rings (SSSR count). The second kappa shape index (κ2) is 6.88. The van der Waals surface area contributed by atoms with Gasteiger partial charge in [-0.05, 0) is 26.0 Å². The molecule has 0 aliphatic carbocycles. The molecule has 0 aliphatic heterocycles. The molecular weight excluding hydrogens is 208 g/mol. The summed E-state index contributed by atoms with van der Waals surface area (Å²) in [5.74, 6) is 0.955. The molecule has 0 N–H and O–H groups in total. The van der Waals surface area contributed by atoms with Crippen LogP contribution in [0.1, 0.15) is 12.5 Å². The molecule has 15 heavy (non-hydrogen) atoms. The van der Waals surface area contributed by atoms with Crippen LogP contribution in [0.5, 0.6) is 0 Å². The van der Waals surface area contributed by atoms with Gasteiger partial charge in [-0.25, -0.2) is 0 Å². The highest BCUT2D eigenvalue weighted by Crippen LogP contribution is 2.17. The molecule has 0 radical (unpaired) electrons. The summed E-state index contributed by atoms with van der Waals surface area (Å²) in [6.07, 6.45) is -0.108. The molecule has 84 valence electrons. The fourth-order valence-corrected chi connectivity index (χ4v) is 1.82. The predicted octanol–water partition coefficient (Wildman–Crippen LogP) is 3.10. The average Bonchev–Trinajstić information content (AvgIpc) is 2.26. The van der Waals surface area contributed by atoms with E-state index in [9.17, 15) is 0 Å². The van der Waals surface area contributed by atoms with Gasteiger partial charge in [-0.3, -0.25) is 0 Å². The number of aryl methyl sites for hydroxylation is 1. The molecule has 1 aromatic rings. The second-order valence-electron chi connectivity index (χ2n) is 3.34. The molecule has 0 bridgehead atoms. The molecule has 0 aliphatic rings. The maximum absolute atomic E-state index is 5.39. The van der Waals surface area contributed by atoms with Crippen molar-refractivity contribution in [1.29, 1.82) is 0 Å². The SMILES string of the molecule is COC(C)OCCSc1ccc(C)cc1. The van der Waals surface area contributed by atoms with E-state index in [0.717, 1.165) is 5.75 Å². The Labute approximate surface area is 96.0 Å². The van der Waals surface area contributed by atoms with Crippen molar-refractivity contribution >= 4 is 11.8 Å². The van der Waals surface area contributed by atoms with Crippen molar-refractivity contribution in [2.24, 2.45) is 0 Å². The first-order valence-corrected chi connectivity index (χ1v) is 6.05. The summed E-state index contributed by atoms with van der Waals surface area (Å²) in [4.78, 5) is 1.29. The molecule has 0 aromatic heterocycles. The Hall–Kier alpha value is -0.510. The number of methoxy groups -OCH3 is 1. The minimum atomic E-state index is -0.108. The average molecular weight is 226 g/mol. The number of hydrogen-bond donors (Lipinski definition) is 0. The van der Waals surface area contributed by atoms with Crippen molar-refractivity contribution in [3.63, 3.8) is 0 Å². The number of hydrogen-bond acceptors (Lipinski definition) is 3. The van der Waals surface area contributed by atoms with Gasteiger partial charge in [0, 0.05) is 17.8 Å². The van der Waals surface area contributed by atoms with E-state index >= 15 is 0 Å². The van der Waals surface area contributed by atoms with E-state index in [0.29, 0.717) is 6.61 Å². The van der Waals surface area contributed by atoms with Crippen LogP contribution in [0, 0.1) is 6.92 Å². The van der Waals surface area contributed by atoms with Crippen molar-refractivity contribution in [1.82, 2.24) is 0 Å². The highest BCUT2D eigenvalue weighted by molar-refractivity contribution is 7.99. The van der Waals surface area contributed by atoms with Crippen LogP contribution < -0.4 is 0 Å². The number of thioether (sulfide) groups is 1. The lowest BCUT2D eigenvalue weighted by atomic mass is 10.2. The highest BCUT2D eigenvalue weighted by atomic mass is 32.2. The molecule has 1 aromatic carbocycles. The standard InChI is InChI=1S/C12H18O2S/c1-10-4-6-12(7-5-10)15-9-8-14-11(2)13-3/h4-7,11H,8-9H2,1-3H3. The lowest BCUT2D eigenvalue weighted by molar-refractivity contribution is -0.105. The lowest BCUT2D eigenvalue weighted by Crippen LogP contribution is -2.12. The molecule has 1 unspecified atom stereocenters. The third-order valence-electron chi connectivity index (χ3n) is 2.06. The summed E-state index contributed by atoms with van der Waals surface area (Å²) in [6, 6.07) is 8.53. The Balaban J connectivity index is 2.17. The van der Waals surface area contributed by atoms with Crippen molar-refractivity contribution in [2.45, 2.75) is 25.0 Å².